The van der Waals surface area contributed by atoms with Gasteiger partial charge in [0.05, 0.1) is 19.9 Å². The molecule has 29 heavy (non-hydrogen) atoms. The van der Waals surface area contributed by atoms with Gasteiger partial charge in [-0.3, -0.25) is 10.2 Å². The Bertz CT molecular complexity index is 1040. The lowest BCUT2D eigenvalue weighted by Gasteiger charge is -2.20. The Labute approximate surface area is 168 Å². The molecule has 1 N–H and O–H groups in total. The molecule has 0 aliphatic heterocycles. The Hall–Kier alpha value is -3.80. The summed E-state index contributed by atoms with van der Waals surface area (Å²) >= 11 is 0. The highest BCUT2D eigenvalue weighted by atomic mass is 16.7. The maximum Gasteiger partial charge on any atom is 0.437 e. The number of carbonyl (C=O) groups is 1. The van der Waals surface area contributed by atoms with Gasteiger partial charge in [0, 0.05) is 17.2 Å². The Kier molecular flexibility index (Phi) is 5.16. The molecule has 0 heterocycles. The number of hydrogen-bond acceptors (Lipinski definition) is 5. The molecule has 0 spiro atoms. The van der Waals surface area contributed by atoms with Crippen LogP contribution in [0.2, 0.25) is 0 Å². The van der Waals surface area contributed by atoms with Gasteiger partial charge in [-0.2, -0.15) is 0 Å². The summed E-state index contributed by atoms with van der Waals surface area (Å²) in [6.45, 7) is 0. The number of fused-ring (bicyclic) bond motifs is 2. The van der Waals surface area contributed by atoms with E-state index in [1.54, 1.807) is 25.3 Å². The Morgan fingerprint density at radius 3 is 2.17 bits per heavy atom. The summed E-state index contributed by atoms with van der Waals surface area (Å²) in [5, 5.41) is 6.84. The maximum atomic E-state index is 12.4. The fourth-order valence-corrected chi connectivity index (χ4v) is 3.39. The summed E-state index contributed by atoms with van der Waals surface area (Å²) in [6.07, 6.45) is 0.100. The van der Waals surface area contributed by atoms with Gasteiger partial charge < -0.3 is 9.47 Å². The van der Waals surface area contributed by atoms with Crippen molar-refractivity contribution in [2.45, 2.75) is 6.42 Å². The average Bonchev–Trinajstić information content (AvgIpc) is 2.76. The van der Waals surface area contributed by atoms with Crippen molar-refractivity contribution in [3.8, 4) is 11.5 Å². The first-order chi connectivity index (χ1) is 14.2. The second-order valence-corrected chi connectivity index (χ2v) is 6.50. The van der Waals surface area contributed by atoms with E-state index in [2.05, 4.69) is 22.6 Å². The summed E-state index contributed by atoms with van der Waals surface area (Å²) in [5.41, 5.74) is 5.26. The van der Waals surface area contributed by atoms with Crippen LogP contribution in [0, 0.1) is 0 Å². The largest absolute Gasteiger partial charge is 0.497 e. The predicted molar refractivity (Wildman–Crippen MR) is 111 cm³/mol. The zero-order chi connectivity index (χ0) is 20.2. The number of hydrogen-bond donors (Lipinski definition) is 1. The predicted octanol–water partition coefficient (Wildman–Crippen LogP) is 4.61. The van der Waals surface area contributed by atoms with Crippen molar-refractivity contribution in [1.29, 1.82) is 0 Å². The first-order valence-electron chi connectivity index (χ1n) is 9.14. The van der Waals surface area contributed by atoms with E-state index in [4.69, 9.17) is 14.3 Å². The molecule has 0 fully saturated rings. The molecule has 6 nitrogen and oxygen atoms in total. The molecule has 6 heteroatoms. The lowest BCUT2D eigenvalue weighted by atomic mass is 9.85. The van der Waals surface area contributed by atoms with E-state index in [9.17, 15) is 4.79 Å². The van der Waals surface area contributed by atoms with Crippen LogP contribution in [0.25, 0.3) is 0 Å². The second kappa shape index (κ2) is 8.06. The summed E-state index contributed by atoms with van der Waals surface area (Å²) in [6, 6.07) is 21.1. The average molecular weight is 388 g/mol. The standard InChI is InChI=1S/C23H20N2O4/c1-27-17-11-12-21(28-2)20(14-17)24-23(26)29-25-22-18-9-5-3-7-15(18)13-16-8-4-6-10-19(16)22/h3-12,14H,13H2,1-2H3,(H,24,26). The highest BCUT2D eigenvalue weighted by Gasteiger charge is 2.22. The van der Waals surface area contributed by atoms with Crippen LogP contribution in [-0.2, 0) is 11.3 Å². The molecule has 1 aliphatic carbocycles. The molecule has 0 saturated carbocycles. The van der Waals surface area contributed by atoms with Crippen molar-refractivity contribution in [2.24, 2.45) is 5.16 Å². The van der Waals surface area contributed by atoms with E-state index >= 15 is 0 Å². The summed E-state index contributed by atoms with van der Waals surface area (Å²) in [7, 11) is 3.07. The number of amides is 1. The molecule has 4 rings (SSSR count). The fraction of sp³-hybridized carbons (Fsp3) is 0.130. The van der Waals surface area contributed by atoms with Crippen molar-refractivity contribution >= 4 is 17.5 Å². The van der Waals surface area contributed by atoms with Gasteiger partial charge in [-0.1, -0.05) is 53.7 Å². The SMILES string of the molecule is COc1ccc(OC)c(NC(=O)ON=C2c3ccccc3Cc3ccccc32)c1. The van der Waals surface area contributed by atoms with Gasteiger partial charge in [0.2, 0.25) is 0 Å². The van der Waals surface area contributed by atoms with Crippen molar-refractivity contribution in [2.75, 3.05) is 19.5 Å². The van der Waals surface area contributed by atoms with E-state index in [1.165, 1.54) is 7.11 Å². The molecular formula is C23H20N2O4. The molecule has 1 amide bonds. The summed E-state index contributed by atoms with van der Waals surface area (Å²) in [5.74, 6) is 1.08. The molecule has 3 aromatic carbocycles. The topological polar surface area (TPSA) is 69.2 Å². The van der Waals surface area contributed by atoms with Gasteiger partial charge in [0.25, 0.3) is 0 Å². The van der Waals surface area contributed by atoms with Gasteiger partial charge in [-0.05, 0) is 29.7 Å². The third kappa shape index (κ3) is 3.78. The fourth-order valence-electron chi connectivity index (χ4n) is 3.39. The number of nitrogens with one attached hydrogen (secondary N) is 1. The normalized spacial score (nSPS) is 11.7. The lowest BCUT2D eigenvalue weighted by Crippen LogP contribution is -2.18. The molecule has 0 saturated heterocycles. The van der Waals surface area contributed by atoms with E-state index < -0.39 is 6.09 Å². The van der Waals surface area contributed by atoms with Crippen LogP contribution in [0.4, 0.5) is 10.5 Å². The van der Waals surface area contributed by atoms with Gasteiger partial charge in [0.15, 0.2) is 0 Å². The van der Waals surface area contributed by atoms with Crippen LogP contribution in [-0.4, -0.2) is 26.0 Å². The number of rotatable bonds is 4. The van der Waals surface area contributed by atoms with Gasteiger partial charge >= 0.3 is 6.09 Å². The molecule has 1 aliphatic rings. The number of carbonyl (C=O) groups excluding carboxylic acids is 1. The number of methoxy groups -OCH3 is 2. The first-order valence-corrected chi connectivity index (χ1v) is 9.14. The minimum atomic E-state index is -0.718. The Morgan fingerprint density at radius 1 is 0.897 bits per heavy atom. The molecule has 0 atom stereocenters. The van der Waals surface area contributed by atoms with Crippen molar-refractivity contribution in [3.63, 3.8) is 0 Å². The van der Waals surface area contributed by atoms with Crippen LogP contribution in [0.1, 0.15) is 22.3 Å². The van der Waals surface area contributed by atoms with Crippen molar-refractivity contribution < 1.29 is 19.1 Å². The number of anilines is 1. The molecular weight excluding hydrogens is 368 g/mol. The maximum absolute atomic E-state index is 12.4. The van der Waals surface area contributed by atoms with E-state index in [1.807, 2.05) is 36.4 Å². The Morgan fingerprint density at radius 2 is 1.55 bits per heavy atom. The number of nitrogens with zero attached hydrogens (tertiary/aromatic N) is 1. The van der Waals surface area contributed by atoms with Gasteiger partial charge in [-0.15, -0.1) is 0 Å². The quantitative estimate of drug-likeness (QED) is 0.409. The van der Waals surface area contributed by atoms with Crippen LogP contribution in [0.5, 0.6) is 11.5 Å². The third-order valence-corrected chi connectivity index (χ3v) is 4.79. The van der Waals surface area contributed by atoms with Crippen LogP contribution < -0.4 is 14.8 Å². The smallest absolute Gasteiger partial charge is 0.437 e. The number of oxime groups is 1. The molecule has 0 bridgehead atoms. The first kappa shape index (κ1) is 18.6. The van der Waals surface area contributed by atoms with E-state index in [0.717, 1.165) is 28.7 Å². The third-order valence-electron chi connectivity index (χ3n) is 4.79. The second-order valence-electron chi connectivity index (χ2n) is 6.50. The Balaban J connectivity index is 1.61. The minimum absolute atomic E-state index is 0.432. The molecule has 0 aromatic heterocycles. The summed E-state index contributed by atoms with van der Waals surface area (Å²) < 4.78 is 10.5. The highest BCUT2D eigenvalue weighted by molar-refractivity contribution is 6.15. The molecule has 3 aromatic rings. The monoisotopic (exact) mass is 388 g/mol. The molecule has 0 radical (unpaired) electrons. The lowest BCUT2D eigenvalue weighted by molar-refractivity contribution is 0.166. The van der Waals surface area contributed by atoms with Crippen LogP contribution >= 0.6 is 0 Å². The molecule has 146 valence electrons. The van der Waals surface area contributed by atoms with Crippen molar-refractivity contribution in [3.05, 3.63) is 89.0 Å². The van der Waals surface area contributed by atoms with Gasteiger partial charge in [-0.25, -0.2) is 4.79 Å². The van der Waals surface area contributed by atoms with E-state index in [0.29, 0.717) is 22.9 Å². The highest BCUT2D eigenvalue weighted by Crippen LogP contribution is 2.30. The van der Waals surface area contributed by atoms with Crippen LogP contribution in [0.3, 0.4) is 0 Å². The van der Waals surface area contributed by atoms with Crippen molar-refractivity contribution in [1.82, 2.24) is 0 Å². The van der Waals surface area contributed by atoms with E-state index in [-0.39, 0.29) is 0 Å². The number of benzene rings is 3. The zero-order valence-electron chi connectivity index (χ0n) is 16.1. The number of ether oxygens (including phenoxy) is 2. The minimum Gasteiger partial charge on any atom is -0.497 e. The van der Waals surface area contributed by atoms with Crippen LogP contribution in [0.15, 0.2) is 71.9 Å². The summed E-state index contributed by atoms with van der Waals surface area (Å²) in [4.78, 5) is 17.6. The zero-order valence-corrected chi connectivity index (χ0v) is 16.1. The molecule has 0 unspecified atom stereocenters. The van der Waals surface area contributed by atoms with Gasteiger partial charge in [0.1, 0.15) is 17.2 Å².